The predicted molar refractivity (Wildman–Crippen MR) is 68.3 cm³/mol. The summed E-state index contributed by atoms with van der Waals surface area (Å²) < 4.78 is 6.04. The number of ether oxygens (including phenoxy) is 1. The van der Waals surface area contributed by atoms with Crippen molar-refractivity contribution in [2.24, 2.45) is 0 Å². The molecule has 1 aromatic carbocycles. The van der Waals surface area contributed by atoms with Crippen LogP contribution in [0, 0.1) is 0 Å². The maximum absolute atomic E-state index is 5.81. The number of halogens is 1. The lowest BCUT2D eigenvalue weighted by Crippen LogP contribution is -1.95. The Kier molecular flexibility index (Phi) is 3.10. The number of hydrogen-bond donors (Lipinski definition) is 1. The Bertz CT molecular complexity index is 514. The number of hydrogen-bond acceptors (Lipinski definition) is 3. The van der Waals surface area contributed by atoms with Gasteiger partial charge >= 0.3 is 0 Å². The van der Waals surface area contributed by atoms with Gasteiger partial charge in [-0.15, -0.1) is 0 Å². The molecule has 1 aromatic heterocycles. The Morgan fingerprint density at radius 1 is 1.25 bits per heavy atom. The molecule has 1 heterocycles. The number of benzene rings is 1. The van der Waals surface area contributed by atoms with Gasteiger partial charge in [-0.1, -0.05) is 28.1 Å². The van der Waals surface area contributed by atoms with Crippen LogP contribution in [0.2, 0.25) is 0 Å². The first-order chi connectivity index (χ1) is 7.70. The Labute approximate surface area is 102 Å². The third kappa shape index (κ3) is 2.17. The molecule has 0 aliphatic heterocycles. The molecule has 0 aliphatic rings. The second kappa shape index (κ2) is 4.53. The standard InChI is InChI=1S/C12H11BrN2O/c1-16-12-11(14)6-9(7-15-12)8-3-2-4-10(13)5-8/h2-7H,14H2,1H3. The molecule has 0 amide bonds. The molecule has 4 heteroatoms. The normalized spacial score (nSPS) is 10.1. The molecule has 3 nitrogen and oxygen atoms in total. The molecule has 2 aromatic rings. The van der Waals surface area contributed by atoms with E-state index in [1.165, 1.54) is 0 Å². The molecule has 0 bridgehead atoms. The van der Waals surface area contributed by atoms with Gasteiger partial charge in [0.15, 0.2) is 0 Å². The van der Waals surface area contributed by atoms with Crippen molar-refractivity contribution in [1.29, 1.82) is 0 Å². The van der Waals surface area contributed by atoms with Crippen LogP contribution in [0.15, 0.2) is 41.0 Å². The van der Waals surface area contributed by atoms with E-state index < -0.39 is 0 Å². The topological polar surface area (TPSA) is 48.1 Å². The summed E-state index contributed by atoms with van der Waals surface area (Å²) in [5.74, 6) is 0.457. The van der Waals surface area contributed by atoms with E-state index in [2.05, 4.69) is 20.9 Å². The van der Waals surface area contributed by atoms with E-state index in [-0.39, 0.29) is 0 Å². The molecule has 0 radical (unpaired) electrons. The first-order valence-electron chi connectivity index (χ1n) is 4.76. The predicted octanol–water partition coefficient (Wildman–Crippen LogP) is 3.10. The summed E-state index contributed by atoms with van der Waals surface area (Å²) in [6.07, 6.45) is 1.75. The number of methoxy groups -OCH3 is 1. The van der Waals surface area contributed by atoms with Crippen LogP contribution in [-0.2, 0) is 0 Å². The fraction of sp³-hybridized carbons (Fsp3) is 0.0833. The SMILES string of the molecule is COc1ncc(-c2cccc(Br)c2)cc1N. The van der Waals surface area contributed by atoms with E-state index in [4.69, 9.17) is 10.5 Å². The van der Waals surface area contributed by atoms with Crippen LogP contribution in [0.4, 0.5) is 5.69 Å². The highest BCUT2D eigenvalue weighted by Crippen LogP contribution is 2.27. The lowest BCUT2D eigenvalue weighted by atomic mass is 10.1. The summed E-state index contributed by atoms with van der Waals surface area (Å²) in [5.41, 5.74) is 8.39. The van der Waals surface area contributed by atoms with Gasteiger partial charge in [-0.2, -0.15) is 0 Å². The average molecular weight is 279 g/mol. The summed E-state index contributed by atoms with van der Waals surface area (Å²) in [4.78, 5) is 4.14. The molecule has 2 N–H and O–H groups in total. The monoisotopic (exact) mass is 278 g/mol. The lowest BCUT2D eigenvalue weighted by molar-refractivity contribution is 0.400. The van der Waals surface area contributed by atoms with Gasteiger partial charge in [0.25, 0.3) is 0 Å². The van der Waals surface area contributed by atoms with Gasteiger partial charge < -0.3 is 10.5 Å². The second-order valence-electron chi connectivity index (χ2n) is 3.33. The van der Waals surface area contributed by atoms with Gasteiger partial charge in [0.2, 0.25) is 5.88 Å². The zero-order valence-corrected chi connectivity index (χ0v) is 10.4. The summed E-state index contributed by atoms with van der Waals surface area (Å²) in [5, 5.41) is 0. The van der Waals surface area contributed by atoms with Gasteiger partial charge in [-0.25, -0.2) is 4.98 Å². The van der Waals surface area contributed by atoms with Gasteiger partial charge in [-0.05, 0) is 23.8 Å². The molecule has 0 fully saturated rings. The van der Waals surface area contributed by atoms with Crippen molar-refractivity contribution in [3.63, 3.8) is 0 Å². The maximum Gasteiger partial charge on any atom is 0.236 e. The quantitative estimate of drug-likeness (QED) is 0.918. The van der Waals surface area contributed by atoms with E-state index in [1.807, 2.05) is 30.3 Å². The fourth-order valence-electron chi connectivity index (χ4n) is 1.47. The average Bonchev–Trinajstić information content (AvgIpc) is 2.29. The fourth-order valence-corrected chi connectivity index (χ4v) is 1.86. The molecule has 2 rings (SSSR count). The Hall–Kier alpha value is -1.55. The minimum Gasteiger partial charge on any atom is -0.480 e. The van der Waals surface area contributed by atoms with Crippen LogP contribution >= 0.6 is 15.9 Å². The molecule has 0 unspecified atom stereocenters. The summed E-state index contributed by atoms with van der Waals surface area (Å²) in [6.45, 7) is 0. The van der Waals surface area contributed by atoms with Gasteiger partial charge in [0.1, 0.15) is 0 Å². The highest BCUT2D eigenvalue weighted by Gasteiger charge is 2.04. The number of aromatic nitrogens is 1. The van der Waals surface area contributed by atoms with E-state index in [9.17, 15) is 0 Å². The van der Waals surface area contributed by atoms with Crippen molar-refractivity contribution in [2.75, 3.05) is 12.8 Å². The van der Waals surface area contributed by atoms with Crippen LogP contribution in [0.25, 0.3) is 11.1 Å². The van der Waals surface area contributed by atoms with Gasteiger partial charge in [-0.3, -0.25) is 0 Å². The van der Waals surface area contributed by atoms with Crippen molar-refractivity contribution in [3.8, 4) is 17.0 Å². The maximum atomic E-state index is 5.81. The first-order valence-corrected chi connectivity index (χ1v) is 5.55. The van der Waals surface area contributed by atoms with Crippen molar-refractivity contribution in [3.05, 3.63) is 41.0 Å². The molecular formula is C12H11BrN2O. The highest BCUT2D eigenvalue weighted by molar-refractivity contribution is 9.10. The van der Waals surface area contributed by atoms with Crippen LogP contribution < -0.4 is 10.5 Å². The summed E-state index contributed by atoms with van der Waals surface area (Å²) >= 11 is 3.43. The van der Waals surface area contributed by atoms with Gasteiger partial charge in [0, 0.05) is 16.2 Å². The van der Waals surface area contributed by atoms with Crippen molar-refractivity contribution < 1.29 is 4.74 Å². The number of pyridine rings is 1. The van der Waals surface area contributed by atoms with E-state index in [0.717, 1.165) is 15.6 Å². The smallest absolute Gasteiger partial charge is 0.236 e. The Balaban J connectivity index is 2.45. The third-order valence-electron chi connectivity index (χ3n) is 2.23. The number of rotatable bonds is 2. The number of nitrogen functional groups attached to an aromatic ring is 1. The largest absolute Gasteiger partial charge is 0.480 e. The third-order valence-corrected chi connectivity index (χ3v) is 2.72. The highest BCUT2D eigenvalue weighted by atomic mass is 79.9. The van der Waals surface area contributed by atoms with E-state index >= 15 is 0 Å². The first kappa shape index (κ1) is 11.0. The molecule has 0 aliphatic carbocycles. The van der Waals surface area contributed by atoms with Gasteiger partial charge in [0.05, 0.1) is 12.8 Å². The Morgan fingerprint density at radius 2 is 2.06 bits per heavy atom. The van der Waals surface area contributed by atoms with Crippen molar-refractivity contribution in [1.82, 2.24) is 4.98 Å². The van der Waals surface area contributed by atoms with Crippen LogP contribution in [-0.4, -0.2) is 12.1 Å². The summed E-state index contributed by atoms with van der Waals surface area (Å²) in [7, 11) is 1.55. The minimum atomic E-state index is 0.457. The summed E-state index contributed by atoms with van der Waals surface area (Å²) in [6, 6.07) is 9.83. The van der Waals surface area contributed by atoms with Crippen LogP contribution in [0.3, 0.4) is 0 Å². The van der Waals surface area contributed by atoms with E-state index in [0.29, 0.717) is 11.6 Å². The second-order valence-corrected chi connectivity index (χ2v) is 4.25. The molecular weight excluding hydrogens is 268 g/mol. The molecule has 16 heavy (non-hydrogen) atoms. The van der Waals surface area contributed by atoms with Crippen LogP contribution in [0.5, 0.6) is 5.88 Å². The zero-order valence-electron chi connectivity index (χ0n) is 8.77. The lowest BCUT2D eigenvalue weighted by Gasteiger charge is -2.06. The number of nitrogens with two attached hydrogens (primary N) is 1. The van der Waals surface area contributed by atoms with Crippen molar-refractivity contribution in [2.45, 2.75) is 0 Å². The van der Waals surface area contributed by atoms with Crippen molar-refractivity contribution >= 4 is 21.6 Å². The van der Waals surface area contributed by atoms with E-state index in [1.54, 1.807) is 13.3 Å². The number of nitrogens with zero attached hydrogens (tertiary/aromatic N) is 1. The zero-order chi connectivity index (χ0) is 11.5. The molecule has 0 saturated carbocycles. The Morgan fingerprint density at radius 3 is 2.69 bits per heavy atom. The molecule has 82 valence electrons. The molecule has 0 atom stereocenters. The molecule has 0 spiro atoms. The minimum absolute atomic E-state index is 0.457. The molecule has 0 saturated heterocycles. The van der Waals surface area contributed by atoms with Crippen LogP contribution in [0.1, 0.15) is 0 Å². The number of anilines is 1.